The molecule has 0 atom stereocenters. The SMILES string of the molecule is Nc1ccc(Cl)cc1C(=O)C1CCCCC1. The molecule has 1 aromatic rings. The van der Waals surface area contributed by atoms with Crippen molar-refractivity contribution in [1.29, 1.82) is 0 Å². The second-order valence-corrected chi connectivity index (χ2v) is 4.87. The molecule has 2 rings (SSSR count). The third kappa shape index (κ3) is 2.38. The summed E-state index contributed by atoms with van der Waals surface area (Å²) in [7, 11) is 0. The normalized spacial score (nSPS) is 17.3. The first kappa shape index (κ1) is 11.5. The lowest BCUT2D eigenvalue weighted by atomic mass is 9.83. The molecule has 1 aliphatic carbocycles. The Morgan fingerprint density at radius 3 is 2.62 bits per heavy atom. The summed E-state index contributed by atoms with van der Waals surface area (Å²) in [5.41, 5.74) is 6.96. The van der Waals surface area contributed by atoms with Crippen molar-refractivity contribution in [3.8, 4) is 0 Å². The van der Waals surface area contributed by atoms with Gasteiger partial charge in [0.2, 0.25) is 0 Å². The smallest absolute Gasteiger partial charge is 0.168 e. The average molecular weight is 238 g/mol. The molecule has 3 heteroatoms. The molecular weight excluding hydrogens is 222 g/mol. The number of nitrogen functional groups attached to an aromatic ring is 1. The maximum Gasteiger partial charge on any atom is 0.168 e. The third-order valence-corrected chi connectivity index (χ3v) is 3.49. The van der Waals surface area contributed by atoms with Crippen molar-refractivity contribution in [3.63, 3.8) is 0 Å². The molecule has 2 nitrogen and oxygen atoms in total. The number of nitrogens with two attached hydrogens (primary N) is 1. The van der Waals surface area contributed by atoms with Gasteiger partial charge in [-0.25, -0.2) is 0 Å². The van der Waals surface area contributed by atoms with E-state index < -0.39 is 0 Å². The maximum absolute atomic E-state index is 12.2. The molecule has 0 heterocycles. The molecule has 0 saturated heterocycles. The van der Waals surface area contributed by atoms with E-state index in [2.05, 4.69) is 0 Å². The first-order valence-electron chi connectivity index (χ1n) is 5.77. The molecule has 16 heavy (non-hydrogen) atoms. The number of Topliss-reactive ketones (excluding diaryl/α,β-unsaturated/α-hetero) is 1. The van der Waals surface area contributed by atoms with Gasteiger partial charge in [-0.15, -0.1) is 0 Å². The van der Waals surface area contributed by atoms with Crippen LogP contribution in [0.1, 0.15) is 42.5 Å². The fourth-order valence-corrected chi connectivity index (χ4v) is 2.50. The number of benzene rings is 1. The second kappa shape index (κ2) is 4.88. The van der Waals surface area contributed by atoms with E-state index in [1.54, 1.807) is 18.2 Å². The number of carbonyl (C=O) groups excluding carboxylic acids is 1. The summed E-state index contributed by atoms with van der Waals surface area (Å²) in [4.78, 5) is 12.2. The standard InChI is InChI=1S/C13H16ClNO/c14-10-6-7-12(15)11(8-10)13(16)9-4-2-1-3-5-9/h6-9H,1-5,15H2. The Bertz CT molecular complexity index is 397. The molecule has 0 amide bonds. The fourth-order valence-electron chi connectivity index (χ4n) is 2.33. The highest BCUT2D eigenvalue weighted by molar-refractivity contribution is 6.31. The Morgan fingerprint density at radius 1 is 1.25 bits per heavy atom. The van der Waals surface area contributed by atoms with Crippen molar-refractivity contribution < 1.29 is 4.79 Å². The summed E-state index contributed by atoms with van der Waals surface area (Å²) >= 11 is 5.89. The number of carbonyl (C=O) groups is 1. The molecule has 0 unspecified atom stereocenters. The van der Waals surface area contributed by atoms with Gasteiger partial charge in [-0.1, -0.05) is 30.9 Å². The van der Waals surface area contributed by atoms with Crippen LogP contribution in [-0.4, -0.2) is 5.78 Å². The molecule has 86 valence electrons. The minimum absolute atomic E-state index is 0.148. The molecule has 1 aromatic carbocycles. The molecule has 2 N–H and O–H groups in total. The van der Waals surface area contributed by atoms with Gasteiger partial charge in [0, 0.05) is 22.2 Å². The van der Waals surface area contributed by atoms with Gasteiger partial charge in [-0.2, -0.15) is 0 Å². The van der Waals surface area contributed by atoms with Gasteiger partial charge in [0.25, 0.3) is 0 Å². The van der Waals surface area contributed by atoms with E-state index in [0.29, 0.717) is 16.3 Å². The Morgan fingerprint density at radius 2 is 1.94 bits per heavy atom. The Kier molecular flexibility index (Phi) is 3.49. The van der Waals surface area contributed by atoms with Crippen molar-refractivity contribution in [3.05, 3.63) is 28.8 Å². The number of hydrogen-bond acceptors (Lipinski definition) is 2. The first-order valence-corrected chi connectivity index (χ1v) is 6.15. The lowest BCUT2D eigenvalue weighted by molar-refractivity contribution is 0.0890. The van der Waals surface area contributed by atoms with Crippen LogP contribution in [0.4, 0.5) is 5.69 Å². The monoisotopic (exact) mass is 237 g/mol. The van der Waals surface area contributed by atoms with E-state index >= 15 is 0 Å². The zero-order valence-corrected chi connectivity index (χ0v) is 9.96. The minimum atomic E-state index is 0.148. The zero-order chi connectivity index (χ0) is 11.5. The average Bonchev–Trinajstić information content (AvgIpc) is 2.32. The number of ketones is 1. The molecule has 0 aliphatic heterocycles. The molecule has 0 bridgehead atoms. The molecular formula is C13H16ClNO. The summed E-state index contributed by atoms with van der Waals surface area (Å²) in [5, 5.41) is 0.577. The van der Waals surface area contributed by atoms with Crippen LogP contribution < -0.4 is 5.73 Å². The van der Waals surface area contributed by atoms with Crippen LogP contribution in [0.15, 0.2) is 18.2 Å². The fraction of sp³-hybridized carbons (Fsp3) is 0.462. The largest absolute Gasteiger partial charge is 0.398 e. The number of anilines is 1. The van der Waals surface area contributed by atoms with Crippen LogP contribution in [0.3, 0.4) is 0 Å². The molecule has 1 saturated carbocycles. The molecule has 0 aromatic heterocycles. The highest BCUT2D eigenvalue weighted by Crippen LogP contribution is 2.29. The quantitative estimate of drug-likeness (QED) is 0.630. The first-order chi connectivity index (χ1) is 7.68. The van der Waals surface area contributed by atoms with Crippen LogP contribution in [-0.2, 0) is 0 Å². The van der Waals surface area contributed by atoms with Crippen LogP contribution in [0.5, 0.6) is 0 Å². The number of hydrogen-bond donors (Lipinski definition) is 1. The Hall–Kier alpha value is -1.02. The van der Waals surface area contributed by atoms with E-state index in [9.17, 15) is 4.79 Å². The summed E-state index contributed by atoms with van der Waals surface area (Å²) < 4.78 is 0. The van der Waals surface area contributed by atoms with E-state index in [1.807, 2.05) is 0 Å². The van der Waals surface area contributed by atoms with Gasteiger partial charge in [-0.3, -0.25) is 4.79 Å². The molecule has 1 aliphatic rings. The van der Waals surface area contributed by atoms with E-state index in [0.717, 1.165) is 25.7 Å². The summed E-state index contributed by atoms with van der Waals surface area (Å²) in [6.07, 6.45) is 5.53. The predicted molar refractivity (Wildman–Crippen MR) is 66.8 cm³/mol. The van der Waals surface area contributed by atoms with E-state index in [1.165, 1.54) is 6.42 Å². The Balaban J connectivity index is 2.22. The summed E-state index contributed by atoms with van der Waals surface area (Å²) in [6.45, 7) is 0. The Labute approximate surface area is 101 Å². The van der Waals surface area contributed by atoms with Gasteiger partial charge in [-0.05, 0) is 31.0 Å². The highest BCUT2D eigenvalue weighted by Gasteiger charge is 2.23. The van der Waals surface area contributed by atoms with Crippen molar-refractivity contribution in [2.24, 2.45) is 5.92 Å². The summed E-state index contributed by atoms with van der Waals surface area (Å²) in [6, 6.07) is 5.11. The predicted octanol–water partition coefficient (Wildman–Crippen LogP) is 3.69. The van der Waals surface area contributed by atoms with Crippen LogP contribution in [0.2, 0.25) is 5.02 Å². The third-order valence-electron chi connectivity index (χ3n) is 3.26. The maximum atomic E-state index is 12.2. The van der Waals surface area contributed by atoms with Crippen molar-refractivity contribution >= 4 is 23.1 Å². The lowest BCUT2D eigenvalue weighted by Crippen LogP contribution is -2.19. The van der Waals surface area contributed by atoms with E-state index in [-0.39, 0.29) is 11.7 Å². The van der Waals surface area contributed by atoms with Gasteiger partial charge in [0.1, 0.15) is 0 Å². The van der Waals surface area contributed by atoms with Gasteiger partial charge >= 0.3 is 0 Å². The minimum Gasteiger partial charge on any atom is -0.398 e. The van der Waals surface area contributed by atoms with Crippen molar-refractivity contribution in [2.75, 3.05) is 5.73 Å². The highest BCUT2D eigenvalue weighted by atomic mass is 35.5. The van der Waals surface area contributed by atoms with E-state index in [4.69, 9.17) is 17.3 Å². The van der Waals surface area contributed by atoms with Crippen LogP contribution in [0.25, 0.3) is 0 Å². The zero-order valence-electron chi connectivity index (χ0n) is 9.21. The van der Waals surface area contributed by atoms with Crippen LogP contribution in [0, 0.1) is 5.92 Å². The molecule has 0 radical (unpaired) electrons. The summed E-state index contributed by atoms with van der Waals surface area (Å²) in [5.74, 6) is 0.314. The van der Waals surface area contributed by atoms with Crippen molar-refractivity contribution in [1.82, 2.24) is 0 Å². The molecule has 0 spiro atoms. The lowest BCUT2D eigenvalue weighted by Gasteiger charge is -2.20. The van der Waals surface area contributed by atoms with Gasteiger partial charge < -0.3 is 5.73 Å². The topological polar surface area (TPSA) is 43.1 Å². The number of rotatable bonds is 2. The van der Waals surface area contributed by atoms with Gasteiger partial charge in [0.05, 0.1) is 0 Å². The van der Waals surface area contributed by atoms with Crippen molar-refractivity contribution in [2.45, 2.75) is 32.1 Å². The van der Waals surface area contributed by atoms with Crippen LogP contribution >= 0.6 is 11.6 Å². The number of halogens is 1. The second-order valence-electron chi connectivity index (χ2n) is 4.43. The molecule has 1 fully saturated rings. The van der Waals surface area contributed by atoms with Gasteiger partial charge in [0.15, 0.2) is 5.78 Å².